The maximum absolute atomic E-state index is 14.2. The SMILES string of the molecule is COc1cc2nc(-c3nnc4ccc([C@@H](N5CCC(NC(=O)O)C5)C(F)(F)F)cn34)ccc2cc1F. The molecule has 1 fully saturated rings. The van der Waals surface area contributed by atoms with Crippen LogP contribution in [0, 0.1) is 5.82 Å². The minimum absolute atomic E-state index is 0.00913. The number of halogens is 4. The Balaban J connectivity index is 1.54. The first kappa shape index (κ1) is 23.7. The van der Waals surface area contributed by atoms with Crippen LogP contribution in [-0.4, -0.2) is 68.1 Å². The van der Waals surface area contributed by atoms with Crippen LogP contribution >= 0.6 is 0 Å². The van der Waals surface area contributed by atoms with Gasteiger partial charge in [-0.2, -0.15) is 13.2 Å². The molecule has 4 heterocycles. The van der Waals surface area contributed by atoms with Gasteiger partial charge in [0.05, 0.1) is 12.6 Å². The number of aromatic nitrogens is 4. The van der Waals surface area contributed by atoms with Crippen LogP contribution in [0.15, 0.2) is 42.6 Å². The molecule has 188 valence electrons. The van der Waals surface area contributed by atoms with Gasteiger partial charge < -0.3 is 15.2 Å². The van der Waals surface area contributed by atoms with Crippen molar-refractivity contribution in [2.45, 2.75) is 24.7 Å². The molecule has 0 aliphatic carbocycles. The summed E-state index contributed by atoms with van der Waals surface area (Å²) in [5.41, 5.74) is 1.02. The van der Waals surface area contributed by atoms with E-state index in [0.717, 1.165) is 0 Å². The predicted molar refractivity (Wildman–Crippen MR) is 120 cm³/mol. The Labute approximate surface area is 201 Å². The first-order valence-corrected chi connectivity index (χ1v) is 10.9. The highest BCUT2D eigenvalue weighted by atomic mass is 19.4. The van der Waals surface area contributed by atoms with E-state index in [2.05, 4.69) is 20.5 Å². The zero-order chi connectivity index (χ0) is 25.6. The molecule has 0 bridgehead atoms. The number of fused-ring (bicyclic) bond motifs is 2. The molecule has 1 aromatic carbocycles. The molecule has 13 heteroatoms. The fourth-order valence-electron chi connectivity index (χ4n) is 4.57. The average Bonchev–Trinajstić information content (AvgIpc) is 3.44. The number of methoxy groups -OCH3 is 1. The molecule has 1 aliphatic rings. The van der Waals surface area contributed by atoms with Gasteiger partial charge in [-0.1, -0.05) is 12.1 Å². The van der Waals surface area contributed by atoms with Gasteiger partial charge >= 0.3 is 12.3 Å². The first-order valence-electron chi connectivity index (χ1n) is 10.9. The van der Waals surface area contributed by atoms with E-state index in [4.69, 9.17) is 9.84 Å². The van der Waals surface area contributed by atoms with Crippen molar-refractivity contribution >= 4 is 22.6 Å². The fraction of sp³-hybridized carbons (Fsp3) is 0.304. The van der Waals surface area contributed by atoms with Gasteiger partial charge in [0.15, 0.2) is 23.0 Å². The molecule has 0 radical (unpaired) electrons. The molecule has 5 rings (SSSR count). The first-order chi connectivity index (χ1) is 17.1. The number of carbonyl (C=O) groups is 1. The number of hydrogen-bond donors (Lipinski definition) is 2. The Morgan fingerprint density at radius 3 is 2.75 bits per heavy atom. The number of carboxylic acid groups (broad SMARTS) is 1. The molecule has 1 amide bonds. The molecule has 0 saturated carbocycles. The second-order valence-electron chi connectivity index (χ2n) is 8.46. The number of pyridine rings is 2. The van der Waals surface area contributed by atoms with Crippen LogP contribution in [0.3, 0.4) is 0 Å². The molecular formula is C23H20F4N6O3. The summed E-state index contributed by atoms with van der Waals surface area (Å²) in [6.07, 6.45) is -4.30. The van der Waals surface area contributed by atoms with Crippen LogP contribution < -0.4 is 10.1 Å². The maximum atomic E-state index is 14.2. The van der Waals surface area contributed by atoms with E-state index < -0.39 is 30.2 Å². The number of ether oxygens (including phenoxy) is 1. The molecule has 4 aromatic rings. The largest absolute Gasteiger partial charge is 0.494 e. The second-order valence-corrected chi connectivity index (χ2v) is 8.46. The van der Waals surface area contributed by atoms with Gasteiger partial charge in [-0.15, -0.1) is 10.2 Å². The number of nitrogens with zero attached hydrogens (tertiary/aromatic N) is 5. The lowest BCUT2D eigenvalue weighted by atomic mass is 10.1. The fourth-order valence-corrected chi connectivity index (χ4v) is 4.57. The third kappa shape index (κ3) is 4.37. The van der Waals surface area contributed by atoms with E-state index in [1.54, 1.807) is 12.1 Å². The van der Waals surface area contributed by atoms with Gasteiger partial charge in [0.25, 0.3) is 0 Å². The average molecular weight is 504 g/mol. The van der Waals surface area contributed by atoms with E-state index >= 15 is 0 Å². The molecule has 3 aromatic heterocycles. The standard InChI is InChI=1S/C23H20F4N6O3/c1-36-18-9-17-12(8-15(18)24)2-4-16(29-17)21-31-30-19-5-3-13(10-33(19)21)20(23(25,26)27)32-7-6-14(11-32)28-22(34)35/h2-5,8-10,14,20,28H,6-7,11H2,1H3,(H,34,35)/t14?,20-/m1/s1. The van der Waals surface area contributed by atoms with Crippen molar-refractivity contribution in [2.75, 3.05) is 20.2 Å². The summed E-state index contributed by atoms with van der Waals surface area (Å²) >= 11 is 0. The Bertz CT molecular complexity index is 1460. The number of benzene rings is 1. The summed E-state index contributed by atoms with van der Waals surface area (Å²) in [7, 11) is 1.33. The molecule has 36 heavy (non-hydrogen) atoms. The summed E-state index contributed by atoms with van der Waals surface area (Å²) in [5.74, 6) is -0.322. The van der Waals surface area contributed by atoms with Crippen molar-refractivity contribution < 1.29 is 32.2 Å². The lowest BCUT2D eigenvalue weighted by Gasteiger charge is -2.30. The molecular weight excluding hydrogens is 484 g/mol. The topological polar surface area (TPSA) is 105 Å². The van der Waals surface area contributed by atoms with E-state index in [1.165, 1.54) is 46.9 Å². The van der Waals surface area contributed by atoms with Crippen LogP contribution in [-0.2, 0) is 0 Å². The summed E-state index contributed by atoms with van der Waals surface area (Å²) in [4.78, 5) is 16.6. The number of rotatable bonds is 5. The predicted octanol–water partition coefficient (Wildman–Crippen LogP) is 4.04. The number of hydrogen-bond acceptors (Lipinski definition) is 6. The van der Waals surface area contributed by atoms with E-state index in [9.17, 15) is 22.4 Å². The molecule has 1 saturated heterocycles. The zero-order valence-corrected chi connectivity index (χ0v) is 18.8. The number of amides is 1. The molecule has 2 N–H and O–H groups in total. The van der Waals surface area contributed by atoms with Crippen LogP contribution in [0.5, 0.6) is 5.75 Å². The molecule has 1 unspecified atom stereocenters. The van der Waals surface area contributed by atoms with Crippen molar-refractivity contribution in [1.29, 1.82) is 0 Å². The highest BCUT2D eigenvalue weighted by molar-refractivity contribution is 5.82. The zero-order valence-electron chi connectivity index (χ0n) is 18.8. The summed E-state index contributed by atoms with van der Waals surface area (Å²) < 4.78 is 63.1. The number of likely N-dealkylation sites (tertiary alicyclic amines) is 1. The van der Waals surface area contributed by atoms with Crippen molar-refractivity contribution in [1.82, 2.24) is 29.8 Å². The number of alkyl halides is 3. The quantitative estimate of drug-likeness (QED) is 0.396. The van der Waals surface area contributed by atoms with Gasteiger partial charge in [0.1, 0.15) is 11.7 Å². The highest BCUT2D eigenvalue weighted by Crippen LogP contribution is 2.40. The van der Waals surface area contributed by atoms with Crippen molar-refractivity contribution in [3.05, 3.63) is 54.0 Å². The second kappa shape index (κ2) is 8.90. The molecule has 2 atom stereocenters. The van der Waals surface area contributed by atoms with Crippen molar-refractivity contribution in [3.8, 4) is 17.3 Å². The summed E-state index contributed by atoms with van der Waals surface area (Å²) in [6, 6.07) is 6.15. The molecule has 9 nitrogen and oxygen atoms in total. The van der Waals surface area contributed by atoms with Crippen LogP contribution in [0.2, 0.25) is 0 Å². The van der Waals surface area contributed by atoms with Crippen LogP contribution in [0.25, 0.3) is 28.1 Å². The Morgan fingerprint density at radius 1 is 1.22 bits per heavy atom. The van der Waals surface area contributed by atoms with Gasteiger partial charge in [-0.3, -0.25) is 9.30 Å². The molecule has 1 aliphatic heterocycles. The minimum Gasteiger partial charge on any atom is -0.494 e. The Hall–Kier alpha value is -4.00. The van der Waals surface area contributed by atoms with E-state index in [0.29, 0.717) is 22.2 Å². The normalized spacial score (nSPS) is 17.5. The van der Waals surface area contributed by atoms with Crippen LogP contribution in [0.1, 0.15) is 18.0 Å². The lowest BCUT2D eigenvalue weighted by molar-refractivity contribution is -0.184. The lowest BCUT2D eigenvalue weighted by Crippen LogP contribution is -2.40. The highest BCUT2D eigenvalue weighted by Gasteiger charge is 2.47. The summed E-state index contributed by atoms with van der Waals surface area (Å²) in [6.45, 7) is 0.000983. The summed E-state index contributed by atoms with van der Waals surface area (Å²) in [5, 5.41) is 19.8. The van der Waals surface area contributed by atoms with E-state index in [-0.39, 0.29) is 36.6 Å². The van der Waals surface area contributed by atoms with Gasteiger partial charge in [0, 0.05) is 36.8 Å². The maximum Gasteiger partial charge on any atom is 0.408 e. The van der Waals surface area contributed by atoms with Gasteiger partial charge in [0.2, 0.25) is 0 Å². The minimum atomic E-state index is -4.61. The Kier molecular flexibility index (Phi) is 5.86. The molecule has 0 spiro atoms. The van der Waals surface area contributed by atoms with Crippen molar-refractivity contribution in [3.63, 3.8) is 0 Å². The smallest absolute Gasteiger partial charge is 0.408 e. The van der Waals surface area contributed by atoms with Crippen LogP contribution in [0.4, 0.5) is 22.4 Å². The number of nitrogens with one attached hydrogen (secondary N) is 1. The van der Waals surface area contributed by atoms with Gasteiger partial charge in [-0.05, 0) is 30.2 Å². The Morgan fingerprint density at radius 2 is 2.03 bits per heavy atom. The van der Waals surface area contributed by atoms with Gasteiger partial charge in [-0.25, -0.2) is 14.2 Å². The third-order valence-corrected chi connectivity index (χ3v) is 6.16. The van der Waals surface area contributed by atoms with Crippen molar-refractivity contribution in [2.24, 2.45) is 0 Å². The van der Waals surface area contributed by atoms with E-state index in [1.807, 2.05) is 0 Å². The third-order valence-electron chi connectivity index (χ3n) is 6.16. The monoisotopic (exact) mass is 504 g/mol.